The van der Waals surface area contributed by atoms with Gasteiger partial charge in [-0.2, -0.15) is 0 Å². The summed E-state index contributed by atoms with van der Waals surface area (Å²) in [6, 6.07) is 9.05. The average Bonchev–Trinajstić information content (AvgIpc) is 2.45. The molecular formula is C14H16N2O2S. The standard InChI is InChI=1S/C14H16N2O2S/c1-18-13-10-12(15)2-3-14(13)19(17)9-6-11-4-7-16-8-5-11/h2-5,7-8,10H,6,9,15H2,1H3. The highest BCUT2D eigenvalue weighted by molar-refractivity contribution is 7.85. The van der Waals surface area contributed by atoms with Gasteiger partial charge < -0.3 is 10.5 Å². The van der Waals surface area contributed by atoms with Crippen LogP contribution in [0.25, 0.3) is 0 Å². The maximum absolute atomic E-state index is 12.3. The molecule has 0 spiro atoms. The third kappa shape index (κ3) is 3.54. The number of aryl methyl sites for hydroxylation is 1. The van der Waals surface area contributed by atoms with Crippen molar-refractivity contribution in [3.8, 4) is 5.75 Å². The van der Waals surface area contributed by atoms with Crippen LogP contribution in [0.4, 0.5) is 5.69 Å². The number of anilines is 1. The monoisotopic (exact) mass is 276 g/mol. The largest absolute Gasteiger partial charge is 0.495 e. The number of ether oxygens (including phenoxy) is 1. The Balaban J connectivity index is 2.08. The van der Waals surface area contributed by atoms with Gasteiger partial charge in [-0.1, -0.05) is 0 Å². The van der Waals surface area contributed by atoms with Gasteiger partial charge >= 0.3 is 0 Å². The SMILES string of the molecule is COc1cc(N)ccc1S(=O)CCc1ccncc1. The molecular weight excluding hydrogens is 260 g/mol. The van der Waals surface area contributed by atoms with E-state index in [4.69, 9.17) is 10.5 Å². The van der Waals surface area contributed by atoms with Crippen LogP contribution < -0.4 is 10.5 Å². The van der Waals surface area contributed by atoms with Gasteiger partial charge in [0.05, 0.1) is 22.8 Å². The molecule has 1 aromatic carbocycles. The minimum absolute atomic E-state index is 0.546. The summed E-state index contributed by atoms with van der Waals surface area (Å²) in [4.78, 5) is 4.64. The van der Waals surface area contributed by atoms with E-state index in [1.54, 1.807) is 37.7 Å². The second-order valence-corrected chi connectivity index (χ2v) is 5.60. The summed E-state index contributed by atoms with van der Waals surface area (Å²) in [5, 5.41) is 0. The number of hydrogen-bond donors (Lipinski definition) is 1. The number of pyridine rings is 1. The summed E-state index contributed by atoms with van der Waals surface area (Å²) in [6.45, 7) is 0. The molecule has 1 unspecified atom stereocenters. The third-order valence-electron chi connectivity index (χ3n) is 2.76. The number of nitrogen functional groups attached to an aromatic ring is 1. The van der Waals surface area contributed by atoms with Crippen molar-refractivity contribution >= 4 is 16.5 Å². The van der Waals surface area contributed by atoms with Gasteiger partial charge in [0.2, 0.25) is 0 Å². The lowest BCUT2D eigenvalue weighted by molar-refractivity contribution is 0.404. The molecule has 2 N–H and O–H groups in total. The van der Waals surface area contributed by atoms with Gasteiger partial charge in [0, 0.05) is 29.9 Å². The number of benzene rings is 1. The quantitative estimate of drug-likeness (QED) is 0.849. The first-order valence-corrected chi connectivity index (χ1v) is 7.23. The molecule has 0 amide bonds. The molecule has 0 aliphatic rings. The molecule has 1 heterocycles. The Morgan fingerprint density at radius 1 is 1.26 bits per heavy atom. The van der Waals surface area contributed by atoms with E-state index in [9.17, 15) is 4.21 Å². The van der Waals surface area contributed by atoms with Gasteiger partial charge in [-0.3, -0.25) is 9.19 Å². The molecule has 0 saturated carbocycles. The number of nitrogens with zero attached hydrogens (tertiary/aromatic N) is 1. The lowest BCUT2D eigenvalue weighted by Crippen LogP contribution is -2.04. The van der Waals surface area contributed by atoms with Crippen molar-refractivity contribution in [3.05, 3.63) is 48.3 Å². The average molecular weight is 276 g/mol. The molecule has 0 aliphatic carbocycles. The van der Waals surface area contributed by atoms with E-state index >= 15 is 0 Å². The first-order chi connectivity index (χ1) is 9.20. The Bertz CT molecular complexity index is 573. The second kappa shape index (κ2) is 6.33. The number of methoxy groups -OCH3 is 1. The lowest BCUT2D eigenvalue weighted by Gasteiger charge is -2.09. The van der Waals surface area contributed by atoms with Crippen LogP contribution in [0, 0.1) is 0 Å². The molecule has 1 atom stereocenters. The second-order valence-electron chi connectivity index (χ2n) is 4.07. The summed E-state index contributed by atoms with van der Waals surface area (Å²) >= 11 is 0. The Labute approximate surface area is 115 Å². The first kappa shape index (κ1) is 13.5. The summed E-state index contributed by atoms with van der Waals surface area (Å²) < 4.78 is 17.5. The van der Waals surface area contributed by atoms with Crippen LogP contribution in [0.15, 0.2) is 47.6 Å². The summed E-state index contributed by atoms with van der Waals surface area (Å²) in [5.41, 5.74) is 7.41. The maximum atomic E-state index is 12.3. The molecule has 0 fully saturated rings. The van der Waals surface area contributed by atoms with Crippen LogP contribution in [0.2, 0.25) is 0 Å². The fourth-order valence-electron chi connectivity index (χ4n) is 1.74. The van der Waals surface area contributed by atoms with Crippen LogP contribution in [0.1, 0.15) is 5.56 Å². The molecule has 0 saturated heterocycles. The van der Waals surface area contributed by atoms with Crippen molar-refractivity contribution in [2.75, 3.05) is 18.6 Å². The van der Waals surface area contributed by atoms with Crippen LogP contribution in [-0.4, -0.2) is 22.1 Å². The van der Waals surface area contributed by atoms with Gasteiger partial charge in [0.15, 0.2) is 0 Å². The highest BCUT2D eigenvalue weighted by Crippen LogP contribution is 2.25. The molecule has 19 heavy (non-hydrogen) atoms. The molecule has 0 radical (unpaired) electrons. The minimum atomic E-state index is -1.10. The van der Waals surface area contributed by atoms with Gasteiger partial charge in [0.25, 0.3) is 0 Å². The predicted octanol–water partition coefficient (Wildman–Crippen LogP) is 2.02. The smallest absolute Gasteiger partial charge is 0.137 e. The first-order valence-electron chi connectivity index (χ1n) is 5.91. The highest BCUT2D eigenvalue weighted by atomic mass is 32.2. The Morgan fingerprint density at radius 2 is 2.00 bits per heavy atom. The van der Waals surface area contributed by atoms with Crippen molar-refractivity contribution < 1.29 is 8.95 Å². The van der Waals surface area contributed by atoms with Gasteiger partial charge in [-0.25, -0.2) is 0 Å². The van der Waals surface area contributed by atoms with E-state index in [0.717, 1.165) is 12.0 Å². The third-order valence-corrected chi connectivity index (χ3v) is 4.16. The van der Waals surface area contributed by atoms with Gasteiger partial charge in [-0.15, -0.1) is 0 Å². The Morgan fingerprint density at radius 3 is 2.68 bits per heavy atom. The zero-order valence-corrected chi connectivity index (χ0v) is 11.5. The van der Waals surface area contributed by atoms with Crippen molar-refractivity contribution in [2.45, 2.75) is 11.3 Å². The van der Waals surface area contributed by atoms with E-state index < -0.39 is 10.8 Å². The van der Waals surface area contributed by atoms with Crippen LogP contribution in [-0.2, 0) is 17.2 Å². The van der Waals surface area contributed by atoms with E-state index in [1.165, 1.54) is 0 Å². The van der Waals surface area contributed by atoms with Crippen molar-refractivity contribution in [2.24, 2.45) is 0 Å². The summed E-state index contributed by atoms with van der Waals surface area (Å²) in [7, 11) is 0.449. The number of hydrogen-bond acceptors (Lipinski definition) is 4. The molecule has 5 heteroatoms. The predicted molar refractivity (Wildman–Crippen MR) is 76.6 cm³/mol. The van der Waals surface area contributed by atoms with Gasteiger partial charge in [0.1, 0.15) is 5.75 Å². The van der Waals surface area contributed by atoms with Crippen LogP contribution in [0.3, 0.4) is 0 Å². The van der Waals surface area contributed by atoms with Gasteiger partial charge in [-0.05, 0) is 36.2 Å². The fraction of sp³-hybridized carbons (Fsp3) is 0.214. The molecule has 100 valence electrons. The van der Waals surface area contributed by atoms with Crippen molar-refractivity contribution in [1.82, 2.24) is 4.98 Å². The zero-order chi connectivity index (χ0) is 13.7. The normalized spacial score (nSPS) is 12.1. The van der Waals surface area contributed by atoms with Crippen molar-refractivity contribution in [1.29, 1.82) is 0 Å². The molecule has 1 aromatic heterocycles. The maximum Gasteiger partial charge on any atom is 0.137 e. The topological polar surface area (TPSA) is 65.2 Å². The zero-order valence-electron chi connectivity index (χ0n) is 10.7. The number of nitrogens with two attached hydrogens (primary N) is 1. The fourth-order valence-corrected chi connectivity index (χ4v) is 2.97. The van der Waals surface area contributed by atoms with E-state index in [2.05, 4.69) is 4.98 Å². The number of rotatable bonds is 5. The Kier molecular flexibility index (Phi) is 4.52. The molecule has 2 rings (SSSR count). The van der Waals surface area contributed by atoms with E-state index in [0.29, 0.717) is 22.1 Å². The minimum Gasteiger partial charge on any atom is -0.495 e. The summed E-state index contributed by atoms with van der Waals surface area (Å²) in [6.07, 6.45) is 4.22. The lowest BCUT2D eigenvalue weighted by atomic mass is 10.2. The number of aromatic nitrogens is 1. The molecule has 2 aromatic rings. The molecule has 4 nitrogen and oxygen atoms in total. The highest BCUT2D eigenvalue weighted by Gasteiger charge is 2.11. The molecule has 0 aliphatic heterocycles. The van der Waals surface area contributed by atoms with Crippen molar-refractivity contribution in [3.63, 3.8) is 0 Å². The molecule has 0 bridgehead atoms. The van der Waals surface area contributed by atoms with E-state index in [1.807, 2.05) is 12.1 Å². The Hall–Kier alpha value is -1.88. The van der Waals surface area contributed by atoms with E-state index in [-0.39, 0.29) is 0 Å². The van der Waals surface area contributed by atoms with Crippen LogP contribution in [0.5, 0.6) is 5.75 Å². The summed E-state index contributed by atoms with van der Waals surface area (Å²) in [5.74, 6) is 1.12. The van der Waals surface area contributed by atoms with Crippen LogP contribution >= 0.6 is 0 Å².